The van der Waals surface area contributed by atoms with Crippen molar-refractivity contribution >= 4 is 57.6 Å². The van der Waals surface area contributed by atoms with Gasteiger partial charge in [-0.1, -0.05) is 15.9 Å². The Kier molecular flexibility index (Phi) is 11.0. The van der Waals surface area contributed by atoms with Gasteiger partial charge in [0, 0.05) is 22.8 Å². The summed E-state index contributed by atoms with van der Waals surface area (Å²) in [5.74, 6) is 3.55. The smallest absolute Gasteiger partial charge is 0.191 e. The van der Waals surface area contributed by atoms with Gasteiger partial charge in [0.15, 0.2) is 17.5 Å². The van der Waals surface area contributed by atoms with Crippen LogP contribution in [0.1, 0.15) is 25.3 Å². The molecule has 0 radical (unpaired) electrons. The van der Waals surface area contributed by atoms with Crippen molar-refractivity contribution in [2.75, 3.05) is 33.1 Å². The third-order valence-electron chi connectivity index (χ3n) is 3.83. The van der Waals surface area contributed by atoms with E-state index in [-0.39, 0.29) is 24.0 Å². The van der Waals surface area contributed by atoms with Crippen molar-refractivity contribution in [2.24, 2.45) is 4.99 Å². The van der Waals surface area contributed by atoms with Crippen LogP contribution >= 0.6 is 51.7 Å². The minimum absolute atomic E-state index is 0. The fourth-order valence-electron chi connectivity index (χ4n) is 2.54. The first-order chi connectivity index (χ1) is 11.7. The number of hydrogen-bond acceptors (Lipinski definition) is 4. The fraction of sp³-hybridized carbons (Fsp3) is 0.588. The van der Waals surface area contributed by atoms with Crippen LogP contribution in [0.15, 0.2) is 21.6 Å². The van der Waals surface area contributed by atoms with Crippen LogP contribution in [0.2, 0.25) is 0 Å². The summed E-state index contributed by atoms with van der Waals surface area (Å²) in [6, 6.07) is 3.88. The quantitative estimate of drug-likeness (QED) is 0.309. The first-order valence-electron chi connectivity index (χ1n) is 8.22. The van der Waals surface area contributed by atoms with Crippen molar-refractivity contribution in [2.45, 2.75) is 31.6 Å². The van der Waals surface area contributed by atoms with E-state index in [1.165, 1.54) is 18.6 Å². The average molecular weight is 544 g/mol. The maximum atomic E-state index is 5.37. The number of nitrogens with one attached hydrogen (secondary N) is 2. The van der Waals surface area contributed by atoms with Gasteiger partial charge in [-0.2, -0.15) is 11.8 Å². The molecule has 1 aliphatic heterocycles. The third kappa shape index (κ3) is 7.05. The number of aliphatic imine (C=N–C) groups is 1. The number of guanidine groups is 1. The molecule has 1 aromatic carbocycles. The molecule has 1 fully saturated rings. The van der Waals surface area contributed by atoms with Crippen LogP contribution in [0.4, 0.5) is 0 Å². The highest BCUT2D eigenvalue weighted by molar-refractivity contribution is 14.0. The molecule has 2 rings (SSSR count). The molecule has 5 nitrogen and oxygen atoms in total. The van der Waals surface area contributed by atoms with Crippen molar-refractivity contribution in [3.05, 3.63) is 22.2 Å². The number of hydrogen-bond donors (Lipinski definition) is 2. The highest BCUT2D eigenvalue weighted by Crippen LogP contribution is 2.33. The lowest BCUT2D eigenvalue weighted by molar-refractivity contribution is 0.354. The number of methoxy groups -OCH3 is 2. The van der Waals surface area contributed by atoms with Gasteiger partial charge in [-0.3, -0.25) is 0 Å². The van der Waals surface area contributed by atoms with Crippen LogP contribution in [-0.4, -0.2) is 44.3 Å². The summed E-state index contributed by atoms with van der Waals surface area (Å²) in [5.41, 5.74) is 1.06. The van der Waals surface area contributed by atoms with E-state index >= 15 is 0 Å². The van der Waals surface area contributed by atoms with Crippen LogP contribution in [-0.2, 0) is 6.54 Å². The highest BCUT2D eigenvalue weighted by Gasteiger charge is 2.15. The molecule has 0 spiro atoms. The Morgan fingerprint density at radius 2 is 2.00 bits per heavy atom. The Bertz CT molecular complexity index is 569. The standard InChI is InChI=1S/C17H26BrN3O2S.HI/c1-4-19-17(21-11-13-6-5-7-24-13)20-10-12-8-15(22-2)16(23-3)9-14(12)18;/h8-9,13H,4-7,10-11H2,1-3H3,(H2,19,20,21);1H. The van der Waals surface area contributed by atoms with Gasteiger partial charge < -0.3 is 20.1 Å². The summed E-state index contributed by atoms with van der Waals surface area (Å²) in [7, 11) is 3.28. The summed E-state index contributed by atoms with van der Waals surface area (Å²) >= 11 is 5.63. The second kappa shape index (κ2) is 12.1. The van der Waals surface area contributed by atoms with E-state index in [0.717, 1.165) is 29.1 Å². The van der Waals surface area contributed by atoms with E-state index < -0.39 is 0 Å². The van der Waals surface area contributed by atoms with Crippen molar-refractivity contribution in [1.29, 1.82) is 0 Å². The molecular weight excluding hydrogens is 517 g/mol. The number of nitrogens with zero attached hydrogens (tertiary/aromatic N) is 1. The first kappa shape index (κ1) is 22.7. The maximum Gasteiger partial charge on any atom is 0.191 e. The number of rotatable bonds is 7. The molecule has 1 aromatic rings. The lowest BCUT2D eigenvalue weighted by atomic mass is 10.2. The van der Waals surface area contributed by atoms with Crippen LogP contribution < -0.4 is 20.1 Å². The molecule has 8 heteroatoms. The van der Waals surface area contributed by atoms with Gasteiger partial charge >= 0.3 is 0 Å². The van der Waals surface area contributed by atoms with Gasteiger partial charge in [-0.05, 0) is 43.2 Å². The lowest BCUT2D eigenvalue weighted by Gasteiger charge is -2.15. The summed E-state index contributed by atoms with van der Waals surface area (Å²) in [6.45, 7) is 4.45. The molecule has 1 saturated heterocycles. The molecule has 25 heavy (non-hydrogen) atoms. The van der Waals surface area contributed by atoms with Crippen LogP contribution in [0.3, 0.4) is 0 Å². The molecule has 0 aromatic heterocycles. The largest absolute Gasteiger partial charge is 0.493 e. The van der Waals surface area contributed by atoms with E-state index in [1.807, 2.05) is 23.9 Å². The molecule has 2 N–H and O–H groups in total. The average Bonchev–Trinajstić information content (AvgIpc) is 3.11. The zero-order chi connectivity index (χ0) is 17.4. The SMILES string of the molecule is CCNC(=NCc1cc(OC)c(OC)cc1Br)NCC1CCCS1.I. The fourth-order valence-corrected chi connectivity index (χ4v) is 4.19. The Morgan fingerprint density at radius 1 is 1.28 bits per heavy atom. The van der Waals surface area contributed by atoms with E-state index in [0.29, 0.717) is 23.3 Å². The van der Waals surface area contributed by atoms with Crippen molar-refractivity contribution in [3.63, 3.8) is 0 Å². The molecular formula is C17H27BrIN3O2S. The predicted octanol–water partition coefficient (Wildman–Crippen LogP) is 4.04. The molecule has 0 amide bonds. The summed E-state index contributed by atoms with van der Waals surface area (Å²) in [5, 5.41) is 7.45. The van der Waals surface area contributed by atoms with Crippen molar-refractivity contribution in [3.8, 4) is 11.5 Å². The summed E-state index contributed by atoms with van der Waals surface area (Å²) in [6.07, 6.45) is 2.61. The molecule has 142 valence electrons. The van der Waals surface area contributed by atoms with Gasteiger partial charge in [-0.25, -0.2) is 4.99 Å². The second-order valence-electron chi connectivity index (χ2n) is 5.51. The van der Waals surface area contributed by atoms with Crippen molar-refractivity contribution < 1.29 is 9.47 Å². The van der Waals surface area contributed by atoms with Gasteiger partial charge in [0.2, 0.25) is 0 Å². The monoisotopic (exact) mass is 543 g/mol. The lowest BCUT2D eigenvalue weighted by Crippen LogP contribution is -2.40. The van der Waals surface area contributed by atoms with Crippen LogP contribution in [0, 0.1) is 0 Å². The maximum absolute atomic E-state index is 5.37. The molecule has 0 aliphatic carbocycles. The van der Waals surface area contributed by atoms with E-state index in [1.54, 1.807) is 14.2 Å². The summed E-state index contributed by atoms with van der Waals surface area (Å²) < 4.78 is 11.7. The topological polar surface area (TPSA) is 54.9 Å². The van der Waals surface area contributed by atoms with Gasteiger partial charge in [0.1, 0.15) is 0 Å². The third-order valence-corrected chi connectivity index (χ3v) is 5.96. The first-order valence-corrected chi connectivity index (χ1v) is 10.1. The molecule has 1 heterocycles. The van der Waals surface area contributed by atoms with E-state index in [4.69, 9.17) is 14.5 Å². The zero-order valence-corrected chi connectivity index (χ0v) is 19.7. The molecule has 0 saturated carbocycles. The Labute approximate surface area is 180 Å². The van der Waals surface area contributed by atoms with Gasteiger partial charge in [0.05, 0.1) is 20.8 Å². The minimum Gasteiger partial charge on any atom is -0.493 e. The van der Waals surface area contributed by atoms with Crippen LogP contribution in [0.25, 0.3) is 0 Å². The van der Waals surface area contributed by atoms with Gasteiger partial charge in [-0.15, -0.1) is 24.0 Å². The molecule has 0 bridgehead atoms. The van der Waals surface area contributed by atoms with Crippen molar-refractivity contribution in [1.82, 2.24) is 10.6 Å². The van der Waals surface area contributed by atoms with E-state index in [9.17, 15) is 0 Å². The molecule has 1 aliphatic rings. The summed E-state index contributed by atoms with van der Waals surface area (Å²) in [4.78, 5) is 4.70. The van der Waals surface area contributed by atoms with Gasteiger partial charge in [0.25, 0.3) is 0 Å². The minimum atomic E-state index is 0. The Hall–Kier alpha value is -0.350. The molecule has 1 atom stereocenters. The van der Waals surface area contributed by atoms with E-state index in [2.05, 4.69) is 33.5 Å². The Balaban J connectivity index is 0.00000312. The van der Waals surface area contributed by atoms with Crippen LogP contribution in [0.5, 0.6) is 11.5 Å². The zero-order valence-electron chi connectivity index (χ0n) is 14.9. The predicted molar refractivity (Wildman–Crippen MR) is 121 cm³/mol. The number of benzene rings is 1. The number of ether oxygens (including phenoxy) is 2. The molecule has 1 unspecified atom stereocenters. The highest BCUT2D eigenvalue weighted by atomic mass is 127. The second-order valence-corrected chi connectivity index (χ2v) is 7.77. The Morgan fingerprint density at radius 3 is 2.60 bits per heavy atom. The normalized spacial score (nSPS) is 17.0. The number of halogens is 2. The number of thioether (sulfide) groups is 1.